The summed E-state index contributed by atoms with van der Waals surface area (Å²) >= 11 is 0. The SMILES string of the molecule is CN=C(NCc1c(C)noc1C)NCc1nccn1C.I. The molecule has 0 saturated heterocycles. The quantitative estimate of drug-likeness (QED) is 0.459. The summed E-state index contributed by atoms with van der Waals surface area (Å²) in [6.45, 7) is 5.07. The van der Waals surface area contributed by atoms with Crippen molar-refractivity contribution in [2.24, 2.45) is 12.0 Å². The molecular weight excluding hydrogens is 383 g/mol. The summed E-state index contributed by atoms with van der Waals surface area (Å²) in [4.78, 5) is 8.44. The van der Waals surface area contributed by atoms with Crippen LogP contribution >= 0.6 is 24.0 Å². The molecular formula is C13H21IN6O. The average Bonchev–Trinajstić information content (AvgIpc) is 2.98. The van der Waals surface area contributed by atoms with Gasteiger partial charge in [0.2, 0.25) is 0 Å². The third-order valence-electron chi connectivity index (χ3n) is 3.17. The van der Waals surface area contributed by atoms with Gasteiger partial charge in [-0.25, -0.2) is 4.98 Å². The number of aliphatic imine (C=N–C) groups is 1. The van der Waals surface area contributed by atoms with E-state index in [0.29, 0.717) is 19.0 Å². The van der Waals surface area contributed by atoms with E-state index in [4.69, 9.17) is 4.52 Å². The number of nitrogens with one attached hydrogen (secondary N) is 2. The van der Waals surface area contributed by atoms with Gasteiger partial charge in [-0.1, -0.05) is 5.16 Å². The smallest absolute Gasteiger partial charge is 0.191 e. The van der Waals surface area contributed by atoms with Crippen molar-refractivity contribution in [2.45, 2.75) is 26.9 Å². The van der Waals surface area contributed by atoms with E-state index in [0.717, 1.165) is 22.8 Å². The monoisotopic (exact) mass is 404 g/mol. The standard InChI is InChI=1S/C13H20N6O.HI/c1-9-11(10(2)20-18-9)7-16-13(14-3)17-8-12-15-5-6-19(12)4;/h5-6H,7-8H2,1-4H3,(H2,14,16,17);1H. The van der Waals surface area contributed by atoms with E-state index in [1.54, 1.807) is 13.2 Å². The first kappa shape index (κ1) is 17.5. The van der Waals surface area contributed by atoms with Crippen LogP contribution in [0.5, 0.6) is 0 Å². The molecule has 0 spiro atoms. The van der Waals surface area contributed by atoms with Crippen molar-refractivity contribution >= 4 is 29.9 Å². The molecule has 0 amide bonds. The number of rotatable bonds is 4. The van der Waals surface area contributed by atoms with Gasteiger partial charge in [-0.15, -0.1) is 24.0 Å². The molecule has 0 unspecified atom stereocenters. The molecule has 2 aromatic heterocycles. The lowest BCUT2D eigenvalue weighted by Crippen LogP contribution is -2.37. The van der Waals surface area contributed by atoms with Crippen molar-refractivity contribution in [1.82, 2.24) is 25.3 Å². The normalized spacial score (nSPS) is 11.1. The fourth-order valence-electron chi connectivity index (χ4n) is 1.88. The third kappa shape index (κ3) is 4.45. The third-order valence-corrected chi connectivity index (χ3v) is 3.17. The molecule has 116 valence electrons. The van der Waals surface area contributed by atoms with Crippen LogP contribution < -0.4 is 10.6 Å². The summed E-state index contributed by atoms with van der Waals surface area (Å²) in [7, 11) is 3.70. The molecule has 0 fully saturated rings. The lowest BCUT2D eigenvalue weighted by Gasteiger charge is -2.11. The maximum atomic E-state index is 5.13. The van der Waals surface area contributed by atoms with Crippen molar-refractivity contribution in [1.29, 1.82) is 0 Å². The molecule has 0 aliphatic rings. The van der Waals surface area contributed by atoms with Gasteiger partial charge in [0, 0.05) is 38.6 Å². The van der Waals surface area contributed by atoms with Gasteiger partial charge in [-0.05, 0) is 13.8 Å². The number of nitrogens with zero attached hydrogens (tertiary/aromatic N) is 4. The highest BCUT2D eigenvalue weighted by molar-refractivity contribution is 14.0. The summed E-state index contributed by atoms with van der Waals surface area (Å²) in [5.74, 6) is 2.49. The van der Waals surface area contributed by atoms with Crippen LogP contribution in [-0.4, -0.2) is 27.7 Å². The van der Waals surface area contributed by atoms with Gasteiger partial charge in [-0.3, -0.25) is 4.99 Å². The molecule has 0 aliphatic carbocycles. The Labute approximate surface area is 141 Å². The van der Waals surface area contributed by atoms with Gasteiger partial charge in [0.15, 0.2) is 5.96 Å². The van der Waals surface area contributed by atoms with Crippen molar-refractivity contribution in [2.75, 3.05) is 7.05 Å². The first-order valence-electron chi connectivity index (χ1n) is 6.44. The number of aryl methyl sites for hydroxylation is 3. The molecule has 0 radical (unpaired) electrons. The molecule has 0 bridgehead atoms. The molecule has 0 atom stereocenters. The second-order valence-electron chi connectivity index (χ2n) is 4.54. The number of hydrogen-bond acceptors (Lipinski definition) is 4. The van der Waals surface area contributed by atoms with Gasteiger partial charge >= 0.3 is 0 Å². The maximum Gasteiger partial charge on any atom is 0.191 e. The Morgan fingerprint density at radius 1 is 1.33 bits per heavy atom. The first-order valence-corrected chi connectivity index (χ1v) is 6.44. The molecule has 2 aromatic rings. The molecule has 0 aliphatic heterocycles. The van der Waals surface area contributed by atoms with Crippen LogP contribution in [0.4, 0.5) is 0 Å². The Morgan fingerprint density at radius 3 is 2.57 bits per heavy atom. The zero-order valence-corrected chi connectivity index (χ0v) is 15.0. The molecule has 8 heteroatoms. The Morgan fingerprint density at radius 2 is 2.05 bits per heavy atom. The molecule has 0 saturated carbocycles. The van der Waals surface area contributed by atoms with Crippen LogP contribution in [-0.2, 0) is 20.1 Å². The molecule has 2 heterocycles. The van der Waals surface area contributed by atoms with Crippen LogP contribution in [0, 0.1) is 13.8 Å². The van der Waals surface area contributed by atoms with Crippen LogP contribution in [0.15, 0.2) is 21.9 Å². The highest BCUT2D eigenvalue weighted by atomic mass is 127. The molecule has 0 aromatic carbocycles. The van der Waals surface area contributed by atoms with E-state index in [-0.39, 0.29) is 24.0 Å². The number of imidazole rings is 1. The lowest BCUT2D eigenvalue weighted by molar-refractivity contribution is 0.392. The summed E-state index contributed by atoms with van der Waals surface area (Å²) in [6, 6.07) is 0. The predicted molar refractivity (Wildman–Crippen MR) is 91.6 cm³/mol. The number of hydrogen-bond donors (Lipinski definition) is 2. The zero-order valence-electron chi connectivity index (χ0n) is 12.7. The Hall–Kier alpha value is -1.58. The fourth-order valence-corrected chi connectivity index (χ4v) is 1.88. The van der Waals surface area contributed by atoms with Crippen LogP contribution in [0.2, 0.25) is 0 Å². The van der Waals surface area contributed by atoms with Crippen LogP contribution in [0.3, 0.4) is 0 Å². The Bertz CT molecular complexity index is 584. The van der Waals surface area contributed by atoms with Gasteiger partial charge in [0.1, 0.15) is 11.6 Å². The van der Waals surface area contributed by atoms with E-state index >= 15 is 0 Å². The van der Waals surface area contributed by atoms with Crippen LogP contribution in [0.25, 0.3) is 0 Å². The molecule has 2 N–H and O–H groups in total. The average molecular weight is 404 g/mol. The van der Waals surface area contributed by atoms with E-state index in [1.807, 2.05) is 31.7 Å². The van der Waals surface area contributed by atoms with Crippen molar-refractivity contribution in [3.63, 3.8) is 0 Å². The van der Waals surface area contributed by atoms with Gasteiger partial charge in [0.25, 0.3) is 0 Å². The highest BCUT2D eigenvalue weighted by Gasteiger charge is 2.09. The number of aromatic nitrogens is 3. The van der Waals surface area contributed by atoms with E-state index in [2.05, 4.69) is 25.8 Å². The topological polar surface area (TPSA) is 80.3 Å². The second kappa shape index (κ2) is 8.01. The minimum atomic E-state index is 0. The van der Waals surface area contributed by atoms with Gasteiger partial charge in [0.05, 0.1) is 12.2 Å². The van der Waals surface area contributed by atoms with Crippen molar-refractivity contribution in [3.05, 3.63) is 35.2 Å². The Kier molecular flexibility index (Phi) is 6.66. The first-order chi connectivity index (χ1) is 9.61. The predicted octanol–water partition coefficient (Wildman–Crippen LogP) is 1.51. The zero-order chi connectivity index (χ0) is 14.5. The molecule has 21 heavy (non-hydrogen) atoms. The Balaban J connectivity index is 0.00000220. The van der Waals surface area contributed by atoms with Crippen molar-refractivity contribution < 1.29 is 4.52 Å². The van der Waals surface area contributed by atoms with Gasteiger partial charge < -0.3 is 19.7 Å². The van der Waals surface area contributed by atoms with Crippen LogP contribution in [0.1, 0.15) is 22.8 Å². The minimum Gasteiger partial charge on any atom is -0.361 e. The summed E-state index contributed by atoms with van der Waals surface area (Å²) in [6.07, 6.45) is 3.69. The molecule has 2 rings (SSSR count). The highest BCUT2D eigenvalue weighted by Crippen LogP contribution is 2.11. The van der Waals surface area contributed by atoms with E-state index < -0.39 is 0 Å². The molecule has 7 nitrogen and oxygen atoms in total. The summed E-state index contributed by atoms with van der Waals surface area (Å²) in [5.41, 5.74) is 1.96. The van der Waals surface area contributed by atoms with Gasteiger partial charge in [-0.2, -0.15) is 0 Å². The number of halogens is 1. The fraction of sp³-hybridized carbons (Fsp3) is 0.462. The van der Waals surface area contributed by atoms with Crippen molar-refractivity contribution in [3.8, 4) is 0 Å². The maximum absolute atomic E-state index is 5.13. The van der Waals surface area contributed by atoms with E-state index in [1.165, 1.54) is 0 Å². The number of guanidine groups is 1. The largest absolute Gasteiger partial charge is 0.361 e. The second-order valence-corrected chi connectivity index (χ2v) is 4.54. The minimum absolute atomic E-state index is 0. The summed E-state index contributed by atoms with van der Waals surface area (Å²) < 4.78 is 7.10. The van der Waals surface area contributed by atoms with E-state index in [9.17, 15) is 0 Å². The lowest BCUT2D eigenvalue weighted by atomic mass is 10.2. The summed E-state index contributed by atoms with van der Waals surface area (Å²) in [5, 5.41) is 10.4.